The standard InChI is InChI=1S/C21H21N3O6/c1-13-17(14(2)30-23-13)11-28-16-8-6-15(7-9-16)21(27)29-12-19(25)22-20(26)18-5-4-10-24(18)3/h4-10H,11-12H2,1-3H3,(H,22,25,26). The number of esters is 1. The molecule has 0 aliphatic carbocycles. The molecule has 0 saturated heterocycles. The summed E-state index contributed by atoms with van der Waals surface area (Å²) in [6.45, 7) is 3.36. The van der Waals surface area contributed by atoms with Gasteiger partial charge in [-0.05, 0) is 50.2 Å². The van der Waals surface area contributed by atoms with Crippen molar-refractivity contribution in [3.05, 3.63) is 70.9 Å². The van der Waals surface area contributed by atoms with Gasteiger partial charge in [0, 0.05) is 13.2 Å². The van der Waals surface area contributed by atoms with Gasteiger partial charge in [0.2, 0.25) is 0 Å². The number of carbonyl (C=O) groups is 3. The lowest BCUT2D eigenvalue weighted by molar-refractivity contribution is -0.123. The SMILES string of the molecule is Cc1noc(C)c1COc1ccc(C(=O)OCC(=O)NC(=O)c2cccn2C)cc1. The molecule has 0 bridgehead atoms. The molecule has 1 N–H and O–H groups in total. The number of nitrogens with zero attached hydrogens (tertiary/aromatic N) is 2. The zero-order valence-electron chi connectivity index (χ0n) is 16.8. The zero-order chi connectivity index (χ0) is 21.7. The van der Waals surface area contributed by atoms with Gasteiger partial charge >= 0.3 is 5.97 Å². The van der Waals surface area contributed by atoms with Crippen molar-refractivity contribution in [3.8, 4) is 5.75 Å². The Bertz CT molecular complexity index is 1050. The summed E-state index contributed by atoms with van der Waals surface area (Å²) in [5, 5.41) is 6.04. The molecule has 156 valence electrons. The van der Waals surface area contributed by atoms with Gasteiger partial charge in [0.1, 0.15) is 23.8 Å². The summed E-state index contributed by atoms with van der Waals surface area (Å²) in [7, 11) is 1.68. The van der Waals surface area contributed by atoms with Crippen LogP contribution in [0, 0.1) is 13.8 Å². The molecule has 3 rings (SSSR count). The molecule has 2 heterocycles. The van der Waals surface area contributed by atoms with E-state index in [2.05, 4.69) is 10.5 Å². The van der Waals surface area contributed by atoms with Crippen LogP contribution in [0.2, 0.25) is 0 Å². The van der Waals surface area contributed by atoms with Crippen LogP contribution in [0.15, 0.2) is 47.1 Å². The number of carbonyl (C=O) groups excluding carboxylic acids is 3. The van der Waals surface area contributed by atoms with Gasteiger partial charge in [-0.25, -0.2) is 4.79 Å². The van der Waals surface area contributed by atoms with Crippen LogP contribution in [-0.2, 0) is 23.2 Å². The van der Waals surface area contributed by atoms with Gasteiger partial charge < -0.3 is 18.6 Å². The van der Waals surface area contributed by atoms with Gasteiger partial charge in [0.25, 0.3) is 11.8 Å². The quantitative estimate of drug-likeness (QED) is 0.594. The van der Waals surface area contributed by atoms with E-state index in [9.17, 15) is 14.4 Å². The fourth-order valence-electron chi connectivity index (χ4n) is 2.69. The maximum absolute atomic E-state index is 12.1. The van der Waals surface area contributed by atoms with E-state index in [1.807, 2.05) is 6.92 Å². The third-order valence-electron chi connectivity index (χ3n) is 4.42. The number of hydrogen-bond donors (Lipinski definition) is 1. The monoisotopic (exact) mass is 411 g/mol. The Hall–Kier alpha value is -3.88. The number of aryl methyl sites for hydroxylation is 3. The predicted molar refractivity (Wildman–Crippen MR) is 105 cm³/mol. The van der Waals surface area contributed by atoms with Crippen LogP contribution in [0.25, 0.3) is 0 Å². The highest BCUT2D eigenvalue weighted by atomic mass is 16.5. The maximum atomic E-state index is 12.1. The summed E-state index contributed by atoms with van der Waals surface area (Å²) in [5.74, 6) is -0.722. The lowest BCUT2D eigenvalue weighted by atomic mass is 10.2. The Balaban J connectivity index is 1.48. The molecule has 0 atom stereocenters. The van der Waals surface area contributed by atoms with Crippen molar-refractivity contribution >= 4 is 17.8 Å². The van der Waals surface area contributed by atoms with Crippen LogP contribution in [0.1, 0.15) is 37.9 Å². The minimum Gasteiger partial charge on any atom is -0.489 e. The molecular formula is C21H21N3O6. The second-order valence-corrected chi connectivity index (χ2v) is 6.57. The van der Waals surface area contributed by atoms with Gasteiger partial charge in [-0.15, -0.1) is 0 Å². The van der Waals surface area contributed by atoms with Gasteiger partial charge in [-0.2, -0.15) is 0 Å². The van der Waals surface area contributed by atoms with Gasteiger partial charge in [0.15, 0.2) is 6.61 Å². The van der Waals surface area contributed by atoms with Crippen molar-refractivity contribution < 1.29 is 28.4 Å². The van der Waals surface area contributed by atoms with E-state index in [-0.39, 0.29) is 5.56 Å². The summed E-state index contributed by atoms with van der Waals surface area (Å²) in [6.07, 6.45) is 1.68. The van der Waals surface area contributed by atoms with E-state index in [0.717, 1.165) is 11.3 Å². The molecule has 9 heteroatoms. The number of hydrogen-bond acceptors (Lipinski definition) is 7. The molecule has 0 aliphatic rings. The second-order valence-electron chi connectivity index (χ2n) is 6.57. The van der Waals surface area contributed by atoms with Crippen molar-refractivity contribution in [1.29, 1.82) is 0 Å². The highest BCUT2D eigenvalue weighted by Crippen LogP contribution is 2.18. The Morgan fingerprint density at radius 1 is 1.13 bits per heavy atom. The van der Waals surface area contributed by atoms with E-state index in [0.29, 0.717) is 23.8 Å². The number of aromatic nitrogens is 2. The smallest absolute Gasteiger partial charge is 0.338 e. The minimum absolute atomic E-state index is 0.251. The van der Waals surface area contributed by atoms with Crippen molar-refractivity contribution in [2.75, 3.05) is 6.61 Å². The normalized spacial score (nSPS) is 10.5. The Morgan fingerprint density at radius 2 is 1.87 bits per heavy atom. The van der Waals surface area contributed by atoms with E-state index in [1.165, 1.54) is 12.1 Å². The molecule has 1 aromatic carbocycles. The molecular weight excluding hydrogens is 390 g/mol. The van der Waals surface area contributed by atoms with Crippen LogP contribution in [0.4, 0.5) is 0 Å². The van der Waals surface area contributed by atoms with E-state index in [4.69, 9.17) is 14.0 Å². The summed E-state index contributed by atoms with van der Waals surface area (Å²) in [6, 6.07) is 9.54. The zero-order valence-corrected chi connectivity index (χ0v) is 16.8. The predicted octanol–water partition coefficient (Wildman–Crippen LogP) is 2.32. The minimum atomic E-state index is -0.714. The molecule has 9 nitrogen and oxygen atoms in total. The summed E-state index contributed by atoms with van der Waals surface area (Å²) < 4.78 is 17.3. The summed E-state index contributed by atoms with van der Waals surface area (Å²) >= 11 is 0. The molecule has 30 heavy (non-hydrogen) atoms. The van der Waals surface area contributed by atoms with E-state index < -0.39 is 24.4 Å². The molecule has 0 spiro atoms. The Labute approximate surface area is 172 Å². The number of imide groups is 1. The molecule has 0 radical (unpaired) electrons. The fourth-order valence-corrected chi connectivity index (χ4v) is 2.69. The first-order valence-electron chi connectivity index (χ1n) is 9.12. The second kappa shape index (κ2) is 9.08. The van der Waals surface area contributed by atoms with Crippen molar-refractivity contribution in [1.82, 2.24) is 15.0 Å². The lowest BCUT2D eigenvalue weighted by Crippen LogP contribution is -2.35. The van der Waals surface area contributed by atoms with Crippen LogP contribution in [-0.4, -0.2) is 34.1 Å². The van der Waals surface area contributed by atoms with Crippen molar-refractivity contribution in [3.63, 3.8) is 0 Å². The van der Waals surface area contributed by atoms with Gasteiger partial charge in [0.05, 0.1) is 16.8 Å². The molecule has 0 aliphatic heterocycles. The third kappa shape index (κ3) is 4.93. The van der Waals surface area contributed by atoms with Gasteiger partial charge in [-0.3, -0.25) is 14.9 Å². The van der Waals surface area contributed by atoms with Crippen LogP contribution in [0.5, 0.6) is 5.75 Å². The Kier molecular flexibility index (Phi) is 6.31. The number of benzene rings is 1. The van der Waals surface area contributed by atoms with Gasteiger partial charge in [-0.1, -0.05) is 5.16 Å². The molecule has 2 amide bonds. The first-order chi connectivity index (χ1) is 14.3. The molecule has 0 fully saturated rings. The maximum Gasteiger partial charge on any atom is 0.338 e. The van der Waals surface area contributed by atoms with Crippen LogP contribution < -0.4 is 10.1 Å². The van der Waals surface area contributed by atoms with Crippen molar-refractivity contribution in [2.24, 2.45) is 7.05 Å². The first-order valence-corrected chi connectivity index (χ1v) is 9.12. The largest absolute Gasteiger partial charge is 0.489 e. The lowest BCUT2D eigenvalue weighted by Gasteiger charge is -2.08. The first kappa shape index (κ1) is 20.8. The van der Waals surface area contributed by atoms with E-state index >= 15 is 0 Å². The average Bonchev–Trinajstić information content (AvgIpc) is 3.30. The number of rotatable bonds is 7. The highest BCUT2D eigenvalue weighted by molar-refractivity contribution is 6.04. The molecule has 3 aromatic rings. The summed E-state index contributed by atoms with van der Waals surface area (Å²) in [5.41, 5.74) is 2.20. The van der Waals surface area contributed by atoms with Crippen molar-refractivity contribution in [2.45, 2.75) is 20.5 Å². The molecule has 0 saturated carbocycles. The third-order valence-corrected chi connectivity index (χ3v) is 4.42. The average molecular weight is 411 g/mol. The number of ether oxygens (including phenoxy) is 2. The van der Waals surface area contributed by atoms with Crippen LogP contribution >= 0.6 is 0 Å². The number of amides is 2. The fraction of sp³-hybridized carbons (Fsp3) is 0.238. The topological polar surface area (TPSA) is 113 Å². The highest BCUT2D eigenvalue weighted by Gasteiger charge is 2.15. The molecule has 0 unspecified atom stereocenters. The summed E-state index contributed by atoms with van der Waals surface area (Å²) in [4.78, 5) is 35.9. The molecule has 2 aromatic heterocycles. The van der Waals surface area contributed by atoms with E-state index in [1.54, 1.807) is 49.0 Å². The van der Waals surface area contributed by atoms with Crippen LogP contribution in [0.3, 0.4) is 0 Å². The number of nitrogens with one attached hydrogen (secondary N) is 1. The Morgan fingerprint density at radius 3 is 2.47 bits per heavy atom.